The minimum absolute atomic E-state index is 0.0160. The monoisotopic (exact) mass is 347 g/mol. The topological polar surface area (TPSA) is 70.7 Å². The zero-order chi connectivity index (χ0) is 18.2. The van der Waals surface area contributed by atoms with Gasteiger partial charge >= 0.3 is 6.03 Å². The summed E-state index contributed by atoms with van der Waals surface area (Å²) in [5.41, 5.74) is 1.71. The number of hydrogen-bond donors (Lipinski definition) is 2. The van der Waals surface area contributed by atoms with Crippen molar-refractivity contribution >= 4 is 17.6 Å². The van der Waals surface area contributed by atoms with E-state index in [2.05, 4.69) is 10.6 Å². The minimum Gasteiger partial charge on any atom is -0.377 e. The van der Waals surface area contributed by atoms with E-state index in [1.54, 1.807) is 4.90 Å². The lowest BCUT2D eigenvalue weighted by atomic mass is 10.1. The molecule has 0 unspecified atom stereocenters. The summed E-state index contributed by atoms with van der Waals surface area (Å²) in [7, 11) is 0. The highest BCUT2D eigenvalue weighted by Gasteiger charge is 2.19. The fourth-order valence-electron chi connectivity index (χ4n) is 2.68. The Morgan fingerprint density at radius 2 is 2.20 bits per heavy atom. The summed E-state index contributed by atoms with van der Waals surface area (Å²) in [4.78, 5) is 26.1. The average Bonchev–Trinajstić information content (AvgIpc) is 2.83. The first-order valence-corrected chi connectivity index (χ1v) is 9.03. The molecule has 0 aliphatic carbocycles. The van der Waals surface area contributed by atoms with E-state index in [9.17, 15) is 9.59 Å². The molecule has 1 aliphatic rings. The lowest BCUT2D eigenvalue weighted by Gasteiger charge is -2.22. The summed E-state index contributed by atoms with van der Waals surface area (Å²) in [6, 6.07) is 7.50. The molecule has 0 spiro atoms. The largest absolute Gasteiger partial charge is 0.377 e. The molecule has 1 fully saturated rings. The number of nitrogens with zero attached hydrogens (tertiary/aromatic N) is 1. The lowest BCUT2D eigenvalue weighted by molar-refractivity contribution is -0.119. The molecule has 1 heterocycles. The second kappa shape index (κ2) is 9.42. The summed E-state index contributed by atoms with van der Waals surface area (Å²) in [6.45, 7) is 8.32. The second-order valence-corrected chi connectivity index (χ2v) is 6.64. The number of carbonyl (C=O) groups is 2. The molecule has 138 valence electrons. The normalized spacial score (nSPS) is 19.0. The first-order valence-electron chi connectivity index (χ1n) is 9.03. The number of rotatable bonds is 5. The summed E-state index contributed by atoms with van der Waals surface area (Å²) in [5, 5.41) is 5.87. The number of nitrogens with one attached hydrogen (secondary N) is 2. The van der Waals surface area contributed by atoms with E-state index >= 15 is 0 Å². The van der Waals surface area contributed by atoms with E-state index < -0.39 is 0 Å². The van der Waals surface area contributed by atoms with Gasteiger partial charge in [0.15, 0.2) is 0 Å². The Morgan fingerprint density at radius 1 is 1.40 bits per heavy atom. The van der Waals surface area contributed by atoms with Gasteiger partial charge in [0.2, 0.25) is 5.91 Å². The van der Waals surface area contributed by atoms with Crippen LogP contribution >= 0.6 is 0 Å². The van der Waals surface area contributed by atoms with E-state index in [1.807, 2.05) is 45.0 Å². The predicted octanol–water partition coefficient (Wildman–Crippen LogP) is 2.99. The zero-order valence-corrected chi connectivity index (χ0v) is 15.4. The summed E-state index contributed by atoms with van der Waals surface area (Å²) in [5.74, 6) is -0.00200. The first-order chi connectivity index (χ1) is 12.0. The molecule has 0 saturated carbocycles. The molecule has 1 aromatic carbocycles. The molecule has 1 aliphatic heterocycles. The number of hydrogen-bond acceptors (Lipinski definition) is 3. The highest BCUT2D eigenvalue weighted by atomic mass is 16.5. The number of anilines is 1. The molecule has 6 nitrogen and oxygen atoms in total. The summed E-state index contributed by atoms with van der Waals surface area (Å²) >= 11 is 0. The van der Waals surface area contributed by atoms with Gasteiger partial charge in [0.05, 0.1) is 6.10 Å². The van der Waals surface area contributed by atoms with Gasteiger partial charge in [-0.3, -0.25) is 4.79 Å². The number of amides is 3. The highest BCUT2D eigenvalue weighted by molar-refractivity contribution is 5.92. The maximum absolute atomic E-state index is 12.4. The highest BCUT2D eigenvalue weighted by Crippen LogP contribution is 2.13. The Hall–Kier alpha value is -2.08. The van der Waals surface area contributed by atoms with Crippen molar-refractivity contribution in [1.29, 1.82) is 0 Å². The van der Waals surface area contributed by atoms with E-state index in [0.29, 0.717) is 26.2 Å². The molecule has 3 amide bonds. The van der Waals surface area contributed by atoms with Crippen LogP contribution in [0.25, 0.3) is 0 Å². The van der Waals surface area contributed by atoms with E-state index in [4.69, 9.17) is 4.74 Å². The van der Waals surface area contributed by atoms with Crippen LogP contribution in [-0.4, -0.2) is 42.6 Å². The van der Waals surface area contributed by atoms with Crippen LogP contribution in [-0.2, 0) is 16.1 Å². The lowest BCUT2D eigenvalue weighted by Crippen LogP contribution is -2.42. The van der Waals surface area contributed by atoms with E-state index in [-0.39, 0.29) is 24.0 Å². The molecule has 2 rings (SSSR count). The second-order valence-electron chi connectivity index (χ2n) is 6.64. The van der Waals surface area contributed by atoms with Crippen molar-refractivity contribution in [2.24, 2.45) is 5.92 Å². The number of carbonyl (C=O) groups excluding carboxylic acids is 2. The summed E-state index contributed by atoms with van der Waals surface area (Å²) in [6.07, 6.45) is 1.72. The van der Waals surface area contributed by atoms with Gasteiger partial charge in [-0.05, 0) is 37.5 Å². The van der Waals surface area contributed by atoms with Crippen molar-refractivity contribution in [3.63, 3.8) is 0 Å². The maximum atomic E-state index is 12.4. The quantitative estimate of drug-likeness (QED) is 0.860. The van der Waals surface area contributed by atoms with Crippen LogP contribution in [0.2, 0.25) is 0 Å². The zero-order valence-electron chi connectivity index (χ0n) is 15.4. The Labute approximate surface area is 149 Å². The molecular weight excluding hydrogens is 318 g/mol. The van der Waals surface area contributed by atoms with Gasteiger partial charge in [0.25, 0.3) is 0 Å². The number of urea groups is 1. The fraction of sp³-hybridized carbons (Fsp3) is 0.579. The van der Waals surface area contributed by atoms with Gasteiger partial charge in [-0.25, -0.2) is 4.79 Å². The van der Waals surface area contributed by atoms with Gasteiger partial charge in [-0.2, -0.15) is 0 Å². The minimum atomic E-state index is -0.0774. The van der Waals surface area contributed by atoms with Crippen LogP contribution in [0.5, 0.6) is 0 Å². The van der Waals surface area contributed by atoms with Crippen LogP contribution in [0.4, 0.5) is 10.5 Å². The van der Waals surface area contributed by atoms with Crippen molar-refractivity contribution in [3.05, 3.63) is 29.8 Å². The fourth-order valence-corrected chi connectivity index (χ4v) is 2.68. The smallest absolute Gasteiger partial charge is 0.317 e. The average molecular weight is 347 g/mol. The van der Waals surface area contributed by atoms with Gasteiger partial charge in [0.1, 0.15) is 0 Å². The molecule has 1 saturated heterocycles. The van der Waals surface area contributed by atoms with Gasteiger partial charge in [-0.15, -0.1) is 0 Å². The van der Waals surface area contributed by atoms with Gasteiger partial charge in [-0.1, -0.05) is 26.0 Å². The third kappa shape index (κ3) is 6.05. The Bertz CT molecular complexity index is 591. The van der Waals surface area contributed by atoms with Crippen molar-refractivity contribution in [3.8, 4) is 0 Å². The van der Waals surface area contributed by atoms with E-state index in [0.717, 1.165) is 24.1 Å². The van der Waals surface area contributed by atoms with Crippen molar-refractivity contribution in [1.82, 2.24) is 10.2 Å². The van der Waals surface area contributed by atoms with Crippen molar-refractivity contribution < 1.29 is 14.3 Å². The van der Waals surface area contributed by atoms with Crippen molar-refractivity contribution in [2.45, 2.75) is 46.3 Å². The molecular formula is C19H29N3O3. The van der Waals surface area contributed by atoms with Crippen LogP contribution < -0.4 is 10.6 Å². The molecule has 6 heteroatoms. The van der Waals surface area contributed by atoms with Crippen LogP contribution in [0.15, 0.2) is 24.3 Å². The molecule has 1 aromatic rings. The SMILES string of the molecule is CC[C@H](C)C(=O)Nc1cccc(CNC(=O)N2CCCO[C@H](C)C2)c1. The van der Waals surface area contributed by atoms with Gasteiger partial charge in [0, 0.05) is 37.8 Å². The van der Waals surface area contributed by atoms with Crippen molar-refractivity contribution in [2.75, 3.05) is 25.0 Å². The third-order valence-corrected chi connectivity index (χ3v) is 4.44. The Balaban J connectivity index is 1.89. The van der Waals surface area contributed by atoms with Crippen LogP contribution in [0.1, 0.15) is 39.2 Å². The third-order valence-electron chi connectivity index (χ3n) is 4.44. The maximum Gasteiger partial charge on any atom is 0.317 e. The molecule has 25 heavy (non-hydrogen) atoms. The standard InChI is InChI=1S/C19H29N3O3/c1-4-14(2)18(23)21-17-8-5-7-16(11-17)12-20-19(24)22-9-6-10-25-15(3)13-22/h5,7-8,11,14-15H,4,6,9-10,12-13H2,1-3H3,(H,20,24)(H,21,23)/t14-,15+/m0/s1. The predicted molar refractivity (Wildman–Crippen MR) is 98.4 cm³/mol. The molecule has 0 radical (unpaired) electrons. The van der Waals surface area contributed by atoms with Gasteiger partial charge < -0.3 is 20.3 Å². The molecule has 0 aromatic heterocycles. The van der Waals surface area contributed by atoms with Crippen LogP contribution in [0.3, 0.4) is 0 Å². The molecule has 2 N–H and O–H groups in total. The Kier molecular flexibility index (Phi) is 7.25. The summed E-state index contributed by atoms with van der Waals surface area (Å²) < 4.78 is 5.57. The molecule has 0 bridgehead atoms. The van der Waals surface area contributed by atoms with E-state index in [1.165, 1.54) is 0 Å². The first kappa shape index (κ1) is 19.2. The molecule has 2 atom stereocenters. The number of benzene rings is 1. The number of ether oxygens (including phenoxy) is 1. The van der Waals surface area contributed by atoms with Crippen LogP contribution in [0, 0.1) is 5.92 Å². The Morgan fingerprint density at radius 3 is 2.96 bits per heavy atom.